The van der Waals surface area contributed by atoms with Crippen molar-refractivity contribution >= 4 is 22.6 Å². The van der Waals surface area contributed by atoms with Crippen molar-refractivity contribution in [2.24, 2.45) is 0 Å². The Morgan fingerprint density at radius 3 is 2.44 bits per heavy atom. The molecule has 0 bridgehead atoms. The Hall–Kier alpha value is -4.02. The van der Waals surface area contributed by atoms with Crippen LogP contribution in [0.15, 0.2) is 42.5 Å². The number of hydrogen-bond donors (Lipinski definition) is 3. The number of fused-ring (bicyclic) bond motifs is 1. The molecular formula is C21H13F5N4O2. The minimum absolute atomic E-state index is 0.0673. The summed E-state index contributed by atoms with van der Waals surface area (Å²) in [5.74, 6) is -3.00. The summed E-state index contributed by atoms with van der Waals surface area (Å²) in [7, 11) is 0. The first kappa shape index (κ1) is 21.2. The predicted octanol–water partition coefficient (Wildman–Crippen LogP) is 5.19. The fourth-order valence-corrected chi connectivity index (χ4v) is 3.09. The molecule has 0 aliphatic rings. The van der Waals surface area contributed by atoms with Gasteiger partial charge in [0.2, 0.25) is 0 Å². The molecule has 0 aliphatic heterocycles. The number of rotatable bonds is 3. The van der Waals surface area contributed by atoms with Gasteiger partial charge in [-0.15, -0.1) is 0 Å². The van der Waals surface area contributed by atoms with E-state index in [-0.39, 0.29) is 45.1 Å². The maximum atomic E-state index is 13.4. The Kier molecular flexibility index (Phi) is 5.03. The smallest absolute Gasteiger partial charge is 0.433 e. The van der Waals surface area contributed by atoms with E-state index in [9.17, 15) is 31.9 Å². The second-order valence-electron chi connectivity index (χ2n) is 6.88. The van der Waals surface area contributed by atoms with Gasteiger partial charge in [0.05, 0.1) is 27.9 Å². The summed E-state index contributed by atoms with van der Waals surface area (Å²) in [6, 6.07) is 7.52. The van der Waals surface area contributed by atoms with E-state index in [0.717, 1.165) is 18.2 Å². The van der Waals surface area contributed by atoms with E-state index in [1.807, 2.05) is 0 Å². The number of halogens is 5. The average Bonchev–Trinajstić information content (AvgIpc) is 3.11. The van der Waals surface area contributed by atoms with E-state index in [2.05, 4.69) is 20.3 Å². The van der Waals surface area contributed by atoms with Crippen molar-refractivity contribution in [3.63, 3.8) is 0 Å². The van der Waals surface area contributed by atoms with Crippen LogP contribution >= 0.6 is 0 Å². The molecule has 3 N–H and O–H groups in total. The summed E-state index contributed by atoms with van der Waals surface area (Å²) in [5, 5.41) is 12.7. The number of phenolic OH excluding ortho intramolecular Hbond substituents is 1. The molecule has 4 aromatic rings. The molecule has 164 valence electrons. The number of nitrogens with one attached hydrogen (secondary N) is 2. The highest BCUT2D eigenvalue weighted by Gasteiger charge is 2.33. The summed E-state index contributed by atoms with van der Waals surface area (Å²) in [6.07, 6.45) is -4.63. The molecular weight excluding hydrogens is 435 g/mol. The number of imidazole rings is 1. The van der Waals surface area contributed by atoms with Crippen molar-refractivity contribution in [1.29, 1.82) is 0 Å². The number of aromatic nitrogens is 3. The lowest BCUT2D eigenvalue weighted by Crippen LogP contribution is -2.16. The number of aromatic amines is 1. The van der Waals surface area contributed by atoms with Gasteiger partial charge in [0.25, 0.3) is 5.91 Å². The van der Waals surface area contributed by atoms with Crippen LogP contribution in [0, 0.1) is 18.6 Å². The lowest BCUT2D eigenvalue weighted by atomic mass is 10.1. The van der Waals surface area contributed by atoms with Gasteiger partial charge in [0.1, 0.15) is 17.3 Å². The lowest BCUT2D eigenvalue weighted by molar-refractivity contribution is -0.141. The number of hydrogen-bond acceptors (Lipinski definition) is 4. The van der Waals surface area contributed by atoms with Crippen LogP contribution in [-0.2, 0) is 6.18 Å². The van der Waals surface area contributed by atoms with Crippen molar-refractivity contribution in [2.75, 3.05) is 5.32 Å². The Labute approximate surface area is 176 Å². The topological polar surface area (TPSA) is 90.9 Å². The molecule has 1 amide bonds. The first-order valence-electron chi connectivity index (χ1n) is 9.07. The number of H-pyrrole nitrogens is 1. The summed E-state index contributed by atoms with van der Waals surface area (Å²) >= 11 is 0. The van der Waals surface area contributed by atoms with Crippen LogP contribution < -0.4 is 5.32 Å². The maximum absolute atomic E-state index is 13.4. The van der Waals surface area contributed by atoms with Gasteiger partial charge >= 0.3 is 6.18 Å². The molecule has 32 heavy (non-hydrogen) atoms. The van der Waals surface area contributed by atoms with E-state index in [1.54, 1.807) is 0 Å². The van der Waals surface area contributed by atoms with Gasteiger partial charge in [0.15, 0.2) is 11.6 Å². The Balaban J connectivity index is 1.64. The van der Waals surface area contributed by atoms with Crippen LogP contribution in [0.2, 0.25) is 0 Å². The zero-order valence-corrected chi connectivity index (χ0v) is 16.2. The quantitative estimate of drug-likeness (QED) is 0.297. The normalized spacial score (nSPS) is 11.7. The first-order valence-corrected chi connectivity index (χ1v) is 9.07. The molecule has 2 aromatic carbocycles. The van der Waals surface area contributed by atoms with Gasteiger partial charge in [-0.3, -0.25) is 4.79 Å². The van der Waals surface area contributed by atoms with Crippen molar-refractivity contribution in [3.8, 4) is 17.1 Å². The SMILES string of the molecule is Cc1nc(C(F)(F)F)ccc1C(=O)Nc1ccc(O)c(-c2nc3cc(F)c(F)cc3[nH]2)c1. The molecule has 0 saturated carbocycles. The monoisotopic (exact) mass is 448 g/mol. The molecule has 0 aliphatic carbocycles. The zero-order chi connectivity index (χ0) is 23.2. The van der Waals surface area contributed by atoms with E-state index >= 15 is 0 Å². The van der Waals surface area contributed by atoms with Crippen molar-refractivity contribution in [1.82, 2.24) is 15.0 Å². The molecule has 2 heterocycles. The second-order valence-corrected chi connectivity index (χ2v) is 6.88. The van der Waals surface area contributed by atoms with Crippen LogP contribution in [0.4, 0.5) is 27.6 Å². The Morgan fingerprint density at radius 2 is 1.75 bits per heavy atom. The zero-order valence-electron chi connectivity index (χ0n) is 16.2. The van der Waals surface area contributed by atoms with Gasteiger partial charge in [-0.2, -0.15) is 13.2 Å². The van der Waals surface area contributed by atoms with Gasteiger partial charge in [-0.1, -0.05) is 0 Å². The third-order valence-corrected chi connectivity index (χ3v) is 4.65. The largest absolute Gasteiger partial charge is 0.507 e. The number of aromatic hydroxyl groups is 1. The number of phenols is 1. The van der Waals surface area contributed by atoms with E-state index in [0.29, 0.717) is 6.07 Å². The fourth-order valence-electron chi connectivity index (χ4n) is 3.09. The van der Waals surface area contributed by atoms with Crippen LogP contribution in [0.1, 0.15) is 21.7 Å². The molecule has 4 rings (SSSR count). The summed E-state index contributed by atoms with van der Waals surface area (Å²) in [6.45, 7) is 1.28. The highest BCUT2D eigenvalue weighted by atomic mass is 19.4. The molecule has 0 unspecified atom stereocenters. The molecule has 0 spiro atoms. The molecule has 6 nitrogen and oxygen atoms in total. The Bertz CT molecular complexity index is 1330. The lowest BCUT2D eigenvalue weighted by Gasteiger charge is -2.11. The molecule has 0 fully saturated rings. The highest BCUT2D eigenvalue weighted by Crippen LogP contribution is 2.32. The third kappa shape index (κ3) is 3.96. The summed E-state index contributed by atoms with van der Waals surface area (Å²) < 4.78 is 65.2. The van der Waals surface area contributed by atoms with Crippen LogP contribution in [0.5, 0.6) is 5.75 Å². The van der Waals surface area contributed by atoms with Crippen molar-refractivity contribution < 1.29 is 31.9 Å². The number of alkyl halides is 3. The second kappa shape index (κ2) is 7.59. The number of benzene rings is 2. The van der Waals surface area contributed by atoms with E-state index < -0.39 is 29.4 Å². The number of nitrogens with zero attached hydrogens (tertiary/aromatic N) is 2. The van der Waals surface area contributed by atoms with E-state index in [4.69, 9.17) is 0 Å². The molecule has 2 aromatic heterocycles. The number of aryl methyl sites for hydroxylation is 1. The van der Waals surface area contributed by atoms with E-state index in [1.165, 1.54) is 25.1 Å². The third-order valence-electron chi connectivity index (χ3n) is 4.65. The number of pyridine rings is 1. The minimum Gasteiger partial charge on any atom is -0.507 e. The number of amides is 1. The van der Waals surface area contributed by atoms with Gasteiger partial charge in [0, 0.05) is 17.8 Å². The summed E-state index contributed by atoms with van der Waals surface area (Å²) in [5.41, 5.74) is -0.656. The van der Waals surface area contributed by atoms with Crippen molar-refractivity contribution in [3.05, 3.63) is 71.1 Å². The molecule has 0 radical (unpaired) electrons. The average molecular weight is 448 g/mol. The number of carbonyl (C=O) groups excluding carboxylic acids is 1. The first-order chi connectivity index (χ1) is 15.0. The van der Waals surface area contributed by atoms with Crippen LogP contribution in [0.25, 0.3) is 22.4 Å². The van der Waals surface area contributed by atoms with Crippen molar-refractivity contribution in [2.45, 2.75) is 13.1 Å². The minimum atomic E-state index is -4.63. The van der Waals surface area contributed by atoms with Crippen LogP contribution in [-0.4, -0.2) is 26.0 Å². The Morgan fingerprint density at radius 1 is 1.03 bits per heavy atom. The van der Waals surface area contributed by atoms with Gasteiger partial charge in [-0.05, 0) is 37.3 Å². The fraction of sp³-hybridized carbons (Fsp3) is 0.0952. The number of carbonyl (C=O) groups is 1. The molecule has 0 saturated heterocycles. The van der Waals surface area contributed by atoms with Gasteiger partial charge < -0.3 is 15.4 Å². The summed E-state index contributed by atoms with van der Waals surface area (Å²) in [4.78, 5) is 22.8. The molecule has 11 heteroatoms. The predicted molar refractivity (Wildman–Crippen MR) is 105 cm³/mol. The van der Waals surface area contributed by atoms with Crippen LogP contribution in [0.3, 0.4) is 0 Å². The maximum Gasteiger partial charge on any atom is 0.433 e. The standard InChI is InChI=1S/C21H13F5N4O2/c1-9-11(3-5-18(27-9)21(24,25)26)20(32)28-10-2-4-17(31)12(6-10)19-29-15-7-13(22)14(23)8-16(15)30-19/h2-8,31H,1H3,(H,28,32)(H,29,30). The molecule has 0 atom stereocenters. The number of anilines is 1. The van der Waals surface area contributed by atoms with Gasteiger partial charge in [-0.25, -0.2) is 18.7 Å². The highest BCUT2D eigenvalue weighted by molar-refractivity contribution is 6.05.